The Morgan fingerprint density at radius 3 is 1.80 bits per heavy atom. The van der Waals surface area contributed by atoms with Gasteiger partial charge in [0.05, 0.1) is 5.41 Å². The second-order valence-electron chi connectivity index (χ2n) is 6.43. The molecule has 0 saturated heterocycles. The molecule has 0 heteroatoms. The van der Waals surface area contributed by atoms with Gasteiger partial charge in [0.25, 0.3) is 0 Å². The smallest absolute Gasteiger partial charge is 0.0622 e. The van der Waals surface area contributed by atoms with Gasteiger partial charge in [0.15, 0.2) is 0 Å². The molecule has 0 atom stereocenters. The monoisotopic (exact) mass is 316 g/mol. The first-order chi connectivity index (χ1) is 12.4. The SMILES string of the molecule is [c]1ccc2c(c1)-c1cc[c]cc1C2(c1ccccc1)c1ccccc1. The summed E-state index contributed by atoms with van der Waals surface area (Å²) < 4.78 is 0. The molecule has 1 aliphatic carbocycles. The molecule has 0 N–H and O–H groups in total. The molecule has 116 valence electrons. The first kappa shape index (κ1) is 14.2. The number of fused-ring (bicyclic) bond motifs is 3. The van der Waals surface area contributed by atoms with E-state index in [9.17, 15) is 0 Å². The molecule has 0 unspecified atom stereocenters. The van der Waals surface area contributed by atoms with Gasteiger partial charge in [0, 0.05) is 0 Å². The molecule has 0 aliphatic heterocycles. The van der Waals surface area contributed by atoms with Crippen molar-refractivity contribution in [3.63, 3.8) is 0 Å². The predicted octanol–water partition coefficient (Wildman–Crippen LogP) is 5.65. The Balaban J connectivity index is 1.98. The van der Waals surface area contributed by atoms with Gasteiger partial charge < -0.3 is 0 Å². The molecule has 1 aliphatic rings. The maximum absolute atomic E-state index is 3.31. The topological polar surface area (TPSA) is 0 Å². The van der Waals surface area contributed by atoms with E-state index < -0.39 is 0 Å². The zero-order valence-corrected chi connectivity index (χ0v) is 13.7. The lowest BCUT2D eigenvalue weighted by Crippen LogP contribution is -2.28. The molecule has 4 aromatic carbocycles. The van der Waals surface area contributed by atoms with Gasteiger partial charge in [-0.3, -0.25) is 0 Å². The fraction of sp³-hybridized carbons (Fsp3) is 0.0400. The summed E-state index contributed by atoms with van der Waals surface area (Å²) >= 11 is 0. The zero-order valence-electron chi connectivity index (χ0n) is 13.7. The van der Waals surface area contributed by atoms with Crippen LogP contribution in [-0.4, -0.2) is 0 Å². The van der Waals surface area contributed by atoms with E-state index in [2.05, 4.69) is 97.1 Å². The minimum absolute atomic E-state index is 0.306. The van der Waals surface area contributed by atoms with Gasteiger partial charge >= 0.3 is 0 Å². The maximum Gasteiger partial charge on any atom is 0.0713 e. The van der Waals surface area contributed by atoms with Crippen LogP contribution in [0.15, 0.2) is 97.1 Å². The maximum atomic E-state index is 3.31. The molecule has 0 fully saturated rings. The summed E-state index contributed by atoms with van der Waals surface area (Å²) in [5.74, 6) is 0. The summed E-state index contributed by atoms with van der Waals surface area (Å²) in [5.41, 5.74) is 7.41. The summed E-state index contributed by atoms with van der Waals surface area (Å²) in [5, 5.41) is 0. The fourth-order valence-corrected chi connectivity index (χ4v) is 4.27. The van der Waals surface area contributed by atoms with Crippen molar-refractivity contribution < 1.29 is 0 Å². The second kappa shape index (κ2) is 5.46. The van der Waals surface area contributed by atoms with E-state index in [4.69, 9.17) is 0 Å². The van der Waals surface area contributed by atoms with Gasteiger partial charge in [0.2, 0.25) is 0 Å². The fourth-order valence-electron chi connectivity index (χ4n) is 4.27. The minimum Gasteiger partial charge on any atom is -0.0622 e. The molecule has 0 amide bonds. The van der Waals surface area contributed by atoms with E-state index in [1.54, 1.807) is 0 Å². The molecule has 0 nitrogen and oxygen atoms in total. The quantitative estimate of drug-likeness (QED) is 0.395. The number of hydrogen-bond donors (Lipinski definition) is 0. The molecule has 0 bridgehead atoms. The Bertz CT molecular complexity index is 943. The third-order valence-electron chi connectivity index (χ3n) is 5.24. The van der Waals surface area contributed by atoms with Crippen molar-refractivity contribution in [1.29, 1.82) is 0 Å². The third kappa shape index (κ3) is 1.88. The molecule has 5 rings (SSSR count). The Kier molecular flexibility index (Phi) is 3.11. The molecule has 0 saturated carbocycles. The van der Waals surface area contributed by atoms with Crippen LogP contribution in [0.5, 0.6) is 0 Å². The Morgan fingerprint density at radius 2 is 1.12 bits per heavy atom. The van der Waals surface area contributed by atoms with Crippen molar-refractivity contribution in [2.75, 3.05) is 0 Å². The Labute approximate surface area is 148 Å². The predicted molar refractivity (Wildman–Crippen MR) is 101 cm³/mol. The average molecular weight is 316 g/mol. The summed E-state index contributed by atoms with van der Waals surface area (Å²) in [7, 11) is 0. The molecular formula is C25H16. The molecule has 2 radical (unpaired) electrons. The Hall–Kier alpha value is -3.12. The first-order valence-electron chi connectivity index (χ1n) is 8.55. The van der Waals surface area contributed by atoms with Gasteiger partial charge in [-0.15, -0.1) is 0 Å². The van der Waals surface area contributed by atoms with Crippen LogP contribution in [0.1, 0.15) is 22.3 Å². The van der Waals surface area contributed by atoms with E-state index in [1.807, 2.05) is 12.1 Å². The minimum atomic E-state index is -0.306. The summed E-state index contributed by atoms with van der Waals surface area (Å²) in [6.45, 7) is 0. The van der Waals surface area contributed by atoms with Gasteiger partial charge in [-0.25, -0.2) is 0 Å². The lowest BCUT2D eigenvalue weighted by Gasteiger charge is -2.33. The number of benzene rings is 4. The van der Waals surface area contributed by atoms with Crippen molar-refractivity contribution in [1.82, 2.24) is 0 Å². The van der Waals surface area contributed by atoms with Gasteiger partial charge in [-0.2, -0.15) is 0 Å². The van der Waals surface area contributed by atoms with E-state index in [1.165, 1.54) is 33.4 Å². The average Bonchev–Trinajstić information content (AvgIpc) is 3.01. The van der Waals surface area contributed by atoms with Crippen molar-refractivity contribution >= 4 is 0 Å². The summed E-state index contributed by atoms with van der Waals surface area (Å²) in [4.78, 5) is 0. The van der Waals surface area contributed by atoms with Crippen molar-refractivity contribution in [2.45, 2.75) is 5.41 Å². The van der Waals surface area contributed by atoms with Crippen LogP contribution in [0.2, 0.25) is 0 Å². The zero-order chi connectivity index (χ0) is 16.7. The van der Waals surface area contributed by atoms with Crippen molar-refractivity contribution in [3.05, 3.63) is 131 Å². The van der Waals surface area contributed by atoms with Gasteiger partial charge in [-0.05, 0) is 57.6 Å². The molecular weight excluding hydrogens is 300 g/mol. The van der Waals surface area contributed by atoms with Gasteiger partial charge in [0.1, 0.15) is 0 Å². The normalized spacial score (nSPS) is 13.9. The highest BCUT2D eigenvalue weighted by Crippen LogP contribution is 2.55. The highest BCUT2D eigenvalue weighted by atomic mass is 14.5. The molecule has 0 spiro atoms. The number of rotatable bonds is 2. The van der Waals surface area contributed by atoms with E-state index in [0.29, 0.717) is 0 Å². The van der Waals surface area contributed by atoms with Crippen LogP contribution in [-0.2, 0) is 5.41 Å². The lowest BCUT2D eigenvalue weighted by molar-refractivity contribution is 0.768. The highest BCUT2D eigenvalue weighted by molar-refractivity contribution is 5.85. The van der Waals surface area contributed by atoms with Crippen LogP contribution in [0.3, 0.4) is 0 Å². The van der Waals surface area contributed by atoms with Crippen LogP contribution in [0.25, 0.3) is 11.1 Å². The summed E-state index contributed by atoms with van der Waals surface area (Å²) in [6.07, 6.45) is 0. The Morgan fingerprint density at radius 1 is 0.520 bits per heavy atom. The van der Waals surface area contributed by atoms with Crippen molar-refractivity contribution in [3.8, 4) is 11.1 Å². The third-order valence-corrected chi connectivity index (χ3v) is 5.24. The molecule has 4 aromatic rings. The standard InChI is InChI=1S/C25H16/c1-3-11-19(12-4-1)25(20-13-5-2-6-14-20)23-17-9-7-15-21(23)22-16-8-10-18-24(22)25/h1-7,10-18H. The highest BCUT2D eigenvalue weighted by Gasteiger charge is 2.45. The molecule has 0 aromatic heterocycles. The summed E-state index contributed by atoms with van der Waals surface area (Å²) in [6, 6.07) is 40.8. The van der Waals surface area contributed by atoms with E-state index in [-0.39, 0.29) is 5.41 Å². The van der Waals surface area contributed by atoms with Crippen LogP contribution >= 0.6 is 0 Å². The first-order valence-corrected chi connectivity index (χ1v) is 8.55. The van der Waals surface area contributed by atoms with E-state index >= 15 is 0 Å². The molecule has 0 heterocycles. The van der Waals surface area contributed by atoms with Gasteiger partial charge in [-0.1, -0.05) is 84.9 Å². The second-order valence-corrected chi connectivity index (χ2v) is 6.43. The van der Waals surface area contributed by atoms with Crippen LogP contribution in [0, 0.1) is 12.1 Å². The van der Waals surface area contributed by atoms with E-state index in [0.717, 1.165) is 0 Å². The van der Waals surface area contributed by atoms with Crippen LogP contribution < -0.4 is 0 Å². The van der Waals surface area contributed by atoms with Crippen LogP contribution in [0.4, 0.5) is 0 Å². The largest absolute Gasteiger partial charge is 0.0713 e. The van der Waals surface area contributed by atoms with Crippen molar-refractivity contribution in [2.24, 2.45) is 0 Å². The number of hydrogen-bond acceptors (Lipinski definition) is 0. The molecule has 25 heavy (non-hydrogen) atoms. The lowest BCUT2D eigenvalue weighted by atomic mass is 9.68.